The SMILES string of the molecule is COC(=O)N/N=C/C1(C)CCCS1. The third-order valence-electron chi connectivity index (χ3n) is 1.93. The van der Waals surface area contributed by atoms with Gasteiger partial charge in [-0.2, -0.15) is 5.10 Å². The Hall–Kier alpha value is -0.710. The zero-order valence-corrected chi connectivity index (χ0v) is 8.69. The van der Waals surface area contributed by atoms with Gasteiger partial charge in [0.2, 0.25) is 0 Å². The Morgan fingerprint density at radius 1 is 1.77 bits per heavy atom. The van der Waals surface area contributed by atoms with Crippen LogP contribution in [0.2, 0.25) is 0 Å². The number of nitrogens with one attached hydrogen (secondary N) is 1. The lowest BCUT2D eigenvalue weighted by molar-refractivity contribution is 0.171. The number of rotatable bonds is 2. The minimum atomic E-state index is -0.525. The van der Waals surface area contributed by atoms with Crippen molar-refractivity contribution in [3.8, 4) is 0 Å². The van der Waals surface area contributed by atoms with Crippen molar-refractivity contribution in [3.63, 3.8) is 0 Å². The summed E-state index contributed by atoms with van der Waals surface area (Å²) in [5.41, 5.74) is 2.28. The maximum absolute atomic E-state index is 10.6. The van der Waals surface area contributed by atoms with Crippen molar-refractivity contribution in [2.75, 3.05) is 12.9 Å². The third-order valence-corrected chi connectivity index (χ3v) is 3.39. The Balaban J connectivity index is 2.34. The Bertz CT molecular complexity index is 212. The van der Waals surface area contributed by atoms with Crippen molar-refractivity contribution in [2.24, 2.45) is 5.10 Å². The van der Waals surface area contributed by atoms with E-state index in [1.165, 1.54) is 19.3 Å². The molecule has 1 saturated heterocycles. The highest BCUT2D eigenvalue weighted by atomic mass is 32.2. The fraction of sp³-hybridized carbons (Fsp3) is 0.750. The molecule has 1 fully saturated rings. The molecule has 74 valence electrons. The normalized spacial score (nSPS) is 27.8. The average molecular weight is 202 g/mol. The van der Waals surface area contributed by atoms with Gasteiger partial charge in [-0.25, -0.2) is 10.2 Å². The second kappa shape index (κ2) is 4.50. The number of methoxy groups -OCH3 is 1. The molecule has 1 rings (SSSR count). The summed E-state index contributed by atoms with van der Waals surface area (Å²) in [4.78, 5) is 10.6. The molecule has 0 saturated carbocycles. The summed E-state index contributed by atoms with van der Waals surface area (Å²) in [6, 6.07) is 0. The number of nitrogens with zero attached hydrogens (tertiary/aromatic N) is 1. The Morgan fingerprint density at radius 2 is 2.54 bits per heavy atom. The number of hydrazone groups is 1. The third kappa shape index (κ3) is 3.26. The first-order chi connectivity index (χ1) is 6.16. The fourth-order valence-electron chi connectivity index (χ4n) is 1.17. The molecule has 0 aliphatic carbocycles. The highest BCUT2D eigenvalue weighted by molar-refractivity contribution is 8.01. The van der Waals surface area contributed by atoms with E-state index in [9.17, 15) is 4.79 Å². The molecule has 1 N–H and O–H groups in total. The van der Waals surface area contributed by atoms with Crippen molar-refractivity contribution in [3.05, 3.63) is 0 Å². The molecule has 0 aromatic carbocycles. The molecule has 0 bridgehead atoms. The smallest absolute Gasteiger partial charge is 0.427 e. The largest absolute Gasteiger partial charge is 0.452 e. The van der Waals surface area contributed by atoms with E-state index >= 15 is 0 Å². The first-order valence-corrected chi connectivity index (χ1v) is 5.17. The van der Waals surface area contributed by atoms with E-state index in [2.05, 4.69) is 22.2 Å². The first kappa shape index (κ1) is 10.4. The van der Waals surface area contributed by atoms with Crippen LogP contribution in [0.25, 0.3) is 0 Å². The van der Waals surface area contributed by atoms with Gasteiger partial charge in [-0.3, -0.25) is 0 Å². The first-order valence-electron chi connectivity index (χ1n) is 4.18. The molecular formula is C8H14N2O2S. The van der Waals surface area contributed by atoms with Crippen LogP contribution in [-0.2, 0) is 4.74 Å². The summed E-state index contributed by atoms with van der Waals surface area (Å²) in [6.07, 6.45) is 3.58. The van der Waals surface area contributed by atoms with Gasteiger partial charge in [0.05, 0.1) is 11.9 Å². The number of ether oxygens (including phenoxy) is 1. The molecule has 5 heteroatoms. The van der Waals surface area contributed by atoms with Crippen LogP contribution < -0.4 is 5.43 Å². The summed E-state index contributed by atoms with van der Waals surface area (Å²) in [6.45, 7) is 2.12. The van der Waals surface area contributed by atoms with Gasteiger partial charge in [-0.1, -0.05) is 0 Å². The molecule has 1 aliphatic rings. The topological polar surface area (TPSA) is 50.7 Å². The minimum absolute atomic E-state index is 0.0843. The van der Waals surface area contributed by atoms with Crippen LogP contribution in [0.15, 0.2) is 5.10 Å². The molecule has 1 unspecified atom stereocenters. The number of carbonyl (C=O) groups is 1. The van der Waals surface area contributed by atoms with Crippen molar-refractivity contribution < 1.29 is 9.53 Å². The quantitative estimate of drug-likeness (QED) is 0.546. The fourth-order valence-corrected chi connectivity index (χ4v) is 2.34. The Labute approximate surface area is 82.1 Å². The molecule has 1 amide bonds. The average Bonchev–Trinajstić information content (AvgIpc) is 2.52. The summed E-state index contributed by atoms with van der Waals surface area (Å²) in [5, 5.41) is 3.83. The van der Waals surface area contributed by atoms with E-state index in [1.807, 2.05) is 11.8 Å². The molecular weight excluding hydrogens is 188 g/mol. The molecule has 0 radical (unpaired) electrons. The molecule has 13 heavy (non-hydrogen) atoms. The molecule has 1 atom stereocenters. The number of carbonyl (C=O) groups excluding carboxylic acids is 1. The molecule has 1 aliphatic heterocycles. The summed E-state index contributed by atoms with van der Waals surface area (Å²) < 4.78 is 4.46. The van der Waals surface area contributed by atoms with Gasteiger partial charge < -0.3 is 4.74 Å². The van der Waals surface area contributed by atoms with Crippen LogP contribution in [-0.4, -0.2) is 29.9 Å². The maximum atomic E-state index is 10.6. The standard InChI is InChI=1S/C8H14N2O2S/c1-8(4-3-5-13-8)6-9-10-7(11)12-2/h6H,3-5H2,1-2H3,(H,10,11)/b9-6+. The van der Waals surface area contributed by atoms with Gasteiger partial charge in [0.25, 0.3) is 0 Å². The molecule has 1 heterocycles. The molecule has 4 nitrogen and oxygen atoms in total. The Morgan fingerprint density at radius 3 is 3.08 bits per heavy atom. The highest BCUT2D eigenvalue weighted by Crippen LogP contribution is 2.35. The second-order valence-electron chi connectivity index (χ2n) is 3.13. The van der Waals surface area contributed by atoms with Crippen molar-refractivity contribution in [2.45, 2.75) is 24.5 Å². The number of amides is 1. The van der Waals surface area contributed by atoms with Gasteiger partial charge in [0.15, 0.2) is 0 Å². The Kier molecular flexibility index (Phi) is 3.59. The summed E-state index contributed by atoms with van der Waals surface area (Å²) >= 11 is 1.86. The van der Waals surface area contributed by atoms with E-state index in [-0.39, 0.29) is 4.75 Å². The maximum Gasteiger partial charge on any atom is 0.427 e. The lowest BCUT2D eigenvalue weighted by atomic mass is 10.1. The van der Waals surface area contributed by atoms with Gasteiger partial charge in [0, 0.05) is 6.21 Å². The lowest BCUT2D eigenvalue weighted by Gasteiger charge is -2.15. The van der Waals surface area contributed by atoms with E-state index < -0.39 is 6.09 Å². The second-order valence-corrected chi connectivity index (χ2v) is 4.76. The lowest BCUT2D eigenvalue weighted by Crippen LogP contribution is -2.22. The monoisotopic (exact) mass is 202 g/mol. The van der Waals surface area contributed by atoms with Crippen molar-refractivity contribution >= 4 is 24.1 Å². The summed E-state index contributed by atoms with van der Waals surface area (Å²) in [7, 11) is 1.32. The van der Waals surface area contributed by atoms with Crippen LogP contribution in [0, 0.1) is 0 Å². The van der Waals surface area contributed by atoms with E-state index in [4.69, 9.17) is 0 Å². The van der Waals surface area contributed by atoms with E-state index in [0.717, 1.165) is 6.42 Å². The summed E-state index contributed by atoms with van der Waals surface area (Å²) in [5.74, 6) is 1.17. The van der Waals surface area contributed by atoms with Crippen LogP contribution in [0.4, 0.5) is 4.79 Å². The van der Waals surface area contributed by atoms with Crippen molar-refractivity contribution in [1.82, 2.24) is 5.43 Å². The van der Waals surface area contributed by atoms with E-state index in [1.54, 1.807) is 6.21 Å². The predicted octanol–water partition coefficient (Wildman–Crippen LogP) is 1.61. The van der Waals surface area contributed by atoms with Gasteiger partial charge in [0.1, 0.15) is 0 Å². The molecule has 0 spiro atoms. The van der Waals surface area contributed by atoms with Crippen LogP contribution >= 0.6 is 11.8 Å². The van der Waals surface area contributed by atoms with Gasteiger partial charge in [-0.05, 0) is 25.5 Å². The zero-order chi connectivity index (χ0) is 9.73. The minimum Gasteiger partial charge on any atom is -0.452 e. The molecule has 0 aromatic rings. The van der Waals surface area contributed by atoms with Crippen LogP contribution in [0.5, 0.6) is 0 Å². The highest BCUT2D eigenvalue weighted by Gasteiger charge is 2.27. The van der Waals surface area contributed by atoms with Crippen LogP contribution in [0.3, 0.4) is 0 Å². The van der Waals surface area contributed by atoms with E-state index in [0.29, 0.717) is 0 Å². The van der Waals surface area contributed by atoms with Crippen molar-refractivity contribution in [1.29, 1.82) is 0 Å². The van der Waals surface area contributed by atoms with Gasteiger partial charge in [-0.15, -0.1) is 11.8 Å². The zero-order valence-electron chi connectivity index (χ0n) is 7.87. The number of hydrogen-bond acceptors (Lipinski definition) is 4. The molecule has 0 aromatic heterocycles. The van der Waals surface area contributed by atoms with Crippen LogP contribution in [0.1, 0.15) is 19.8 Å². The predicted molar refractivity (Wildman–Crippen MR) is 54.1 cm³/mol. The van der Waals surface area contributed by atoms with Gasteiger partial charge >= 0.3 is 6.09 Å². The number of thioether (sulfide) groups is 1. The number of hydrogen-bond donors (Lipinski definition) is 1.